The van der Waals surface area contributed by atoms with E-state index in [2.05, 4.69) is 30.9 Å². The molecular formula is C18H27NO3. The van der Waals surface area contributed by atoms with Gasteiger partial charge in [-0.05, 0) is 50.2 Å². The number of benzene rings is 1. The molecule has 22 heavy (non-hydrogen) atoms. The van der Waals surface area contributed by atoms with Crippen molar-refractivity contribution in [3.05, 3.63) is 29.3 Å². The second kappa shape index (κ2) is 6.57. The van der Waals surface area contributed by atoms with Crippen molar-refractivity contribution >= 4 is 0 Å². The highest BCUT2D eigenvalue weighted by Gasteiger charge is 2.40. The summed E-state index contributed by atoms with van der Waals surface area (Å²) in [4.78, 5) is 2.41. The van der Waals surface area contributed by atoms with Gasteiger partial charge >= 0.3 is 0 Å². The Bertz CT molecular complexity index is 501. The van der Waals surface area contributed by atoms with Gasteiger partial charge in [0.05, 0.1) is 12.2 Å². The molecule has 4 nitrogen and oxygen atoms in total. The van der Waals surface area contributed by atoms with Crippen LogP contribution < -0.4 is 4.74 Å². The van der Waals surface area contributed by atoms with E-state index in [9.17, 15) is 10.2 Å². The Morgan fingerprint density at radius 3 is 2.32 bits per heavy atom. The van der Waals surface area contributed by atoms with E-state index < -0.39 is 12.2 Å². The Balaban J connectivity index is 1.47. The van der Waals surface area contributed by atoms with E-state index in [0.717, 1.165) is 38.2 Å². The number of hydrogen-bond donors (Lipinski definition) is 2. The fourth-order valence-corrected chi connectivity index (χ4v) is 3.93. The number of nitrogens with zero attached hydrogens (tertiary/aromatic N) is 1. The van der Waals surface area contributed by atoms with E-state index >= 15 is 0 Å². The molecule has 0 radical (unpaired) electrons. The SMILES string of the molecule is Cc1ccc(OCCN2C[C@H]3C[C@H](O)[C@@H](O)C[C@H]3C2)c(C)c1. The van der Waals surface area contributed by atoms with Crippen LogP contribution in [0.5, 0.6) is 5.75 Å². The molecule has 0 spiro atoms. The largest absolute Gasteiger partial charge is 0.492 e. The Morgan fingerprint density at radius 1 is 1.09 bits per heavy atom. The highest BCUT2D eigenvalue weighted by molar-refractivity contribution is 5.35. The molecule has 1 saturated heterocycles. The maximum absolute atomic E-state index is 9.80. The van der Waals surface area contributed by atoms with Crippen LogP contribution in [0.1, 0.15) is 24.0 Å². The fraction of sp³-hybridized carbons (Fsp3) is 0.667. The lowest BCUT2D eigenvalue weighted by atomic mass is 9.79. The summed E-state index contributed by atoms with van der Waals surface area (Å²) in [5.41, 5.74) is 2.44. The Labute approximate surface area is 132 Å². The summed E-state index contributed by atoms with van der Waals surface area (Å²) in [6, 6.07) is 6.26. The first-order valence-corrected chi connectivity index (χ1v) is 8.31. The van der Waals surface area contributed by atoms with E-state index in [0.29, 0.717) is 18.4 Å². The highest BCUT2D eigenvalue weighted by Crippen LogP contribution is 2.36. The number of likely N-dealkylation sites (tertiary alicyclic amines) is 1. The molecule has 0 aromatic heterocycles. The molecule has 2 fully saturated rings. The van der Waals surface area contributed by atoms with Gasteiger partial charge in [0.2, 0.25) is 0 Å². The third-order valence-electron chi connectivity index (χ3n) is 5.18. The van der Waals surface area contributed by atoms with Gasteiger partial charge in [-0.25, -0.2) is 0 Å². The van der Waals surface area contributed by atoms with Gasteiger partial charge in [0.25, 0.3) is 0 Å². The first-order chi connectivity index (χ1) is 10.5. The summed E-state index contributed by atoms with van der Waals surface area (Å²) in [6.45, 7) is 7.80. The van der Waals surface area contributed by atoms with Crippen molar-refractivity contribution in [1.29, 1.82) is 0 Å². The van der Waals surface area contributed by atoms with Crippen LogP contribution in [0.2, 0.25) is 0 Å². The van der Waals surface area contributed by atoms with Crippen LogP contribution in [0.4, 0.5) is 0 Å². The molecule has 1 aliphatic carbocycles. The third-order valence-corrected chi connectivity index (χ3v) is 5.18. The van der Waals surface area contributed by atoms with E-state index in [-0.39, 0.29) is 0 Å². The molecule has 1 aliphatic heterocycles. The average molecular weight is 305 g/mol. The van der Waals surface area contributed by atoms with Crippen LogP contribution in [0.15, 0.2) is 18.2 Å². The minimum Gasteiger partial charge on any atom is -0.492 e. The number of fused-ring (bicyclic) bond motifs is 1. The normalized spacial score (nSPS) is 32.0. The van der Waals surface area contributed by atoms with Crippen LogP contribution in [-0.4, -0.2) is 53.6 Å². The van der Waals surface area contributed by atoms with Gasteiger partial charge in [-0.2, -0.15) is 0 Å². The van der Waals surface area contributed by atoms with Crippen LogP contribution >= 0.6 is 0 Å². The van der Waals surface area contributed by atoms with Gasteiger partial charge in [0.15, 0.2) is 0 Å². The summed E-state index contributed by atoms with van der Waals surface area (Å²) in [5, 5.41) is 19.6. The zero-order valence-electron chi connectivity index (χ0n) is 13.5. The van der Waals surface area contributed by atoms with Crippen molar-refractivity contribution in [3.63, 3.8) is 0 Å². The molecule has 0 amide bonds. The van der Waals surface area contributed by atoms with Crippen molar-refractivity contribution in [1.82, 2.24) is 4.90 Å². The molecule has 0 bridgehead atoms. The standard InChI is InChI=1S/C18H27NO3/c1-12-3-4-18(13(2)7-12)22-6-5-19-10-14-8-16(20)17(21)9-15(14)11-19/h3-4,7,14-17,20-21H,5-6,8-11H2,1-2H3/t14-,15+,16-,17-/m0/s1. The monoisotopic (exact) mass is 305 g/mol. The van der Waals surface area contributed by atoms with Gasteiger partial charge in [0, 0.05) is 19.6 Å². The van der Waals surface area contributed by atoms with Crippen LogP contribution in [0.3, 0.4) is 0 Å². The molecule has 1 aromatic rings. The van der Waals surface area contributed by atoms with Gasteiger partial charge in [-0.1, -0.05) is 17.7 Å². The Hall–Kier alpha value is -1.10. The topological polar surface area (TPSA) is 52.9 Å². The molecule has 2 aliphatic rings. The van der Waals surface area contributed by atoms with Crippen molar-refractivity contribution in [3.8, 4) is 5.75 Å². The number of rotatable bonds is 4. The molecule has 4 heteroatoms. The Morgan fingerprint density at radius 2 is 1.73 bits per heavy atom. The van der Waals surface area contributed by atoms with Gasteiger partial charge in [-0.15, -0.1) is 0 Å². The van der Waals surface area contributed by atoms with Crippen LogP contribution in [-0.2, 0) is 0 Å². The second-order valence-corrected chi connectivity index (χ2v) is 7.00. The third kappa shape index (κ3) is 3.45. The van der Waals surface area contributed by atoms with Crippen LogP contribution in [0, 0.1) is 25.7 Å². The fourth-order valence-electron chi connectivity index (χ4n) is 3.93. The van der Waals surface area contributed by atoms with Crippen molar-refractivity contribution in [2.24, 2.45) is 11.8 Å². The number of ether oxygens (including phenoxy) is 1. The molecule has 1 saturated carbocycles. The van der Waals surface area contributed by atoms with Crippen molar-refractivity contribution < 1.29 is 14.9 Å². The minimum atomic E-state index is -0.535. The van der Waals surface area contributed by atoms with E-state index in [1.54, 1.807) is 0 Å². The first-order valence-electron chi connectivity index (χ1n) is 8.31. The summed E-state index contributed by atoms with van der Waals surface area (Å²) >= 11 is 0. The van der Waals surface area contributed by atoms with Gasteiger partial charge in [-0.3, -0.25) is 4.90 Å². The van der Waals surface area contributed by atoms with Gasteiger partial charge in [0.1, 0.15) is 12.4 Å². The lowest BCUT2D eigenvalue weighted by Crippen LogP contribution is -2.38. The van der Waals surface area contributed by atoms with Crippen molar-refractivity contribution in [2.75, 3.05) is 26.2 Å². The minimum absolute atomic E-state index is 0.527. The molecule has 122 valence electrons. The first kappa shape index (κ1) is 15.8. The summed E-state index contributed by atoms with van der Waals surface area (Å²) in [5.74, 6) is 2.02. The zero-order valence-corrected chi connectivity index (χ0v) is 13.5. The predicted octanol–water partition coefficient (Wildman–Crippen LogP) is 1.75. The molecule has 1 aromatic carbocycles. The van der Waals surface area contributed by atoms with Gasteiger partial charge < -0.3 is 14.9 Å². The quantitative estimate of drug-likeness (QED) is 0.890. The second-order valence-electron chi connectivity index (χ2n) is 7.00. The maximum Gasteiger partial charge on any atom is 0.122 e. The summed E-state index contributed by atoms with van der Waals surface area (Å²) in [6.07, 6.45) is 0.404. The number of aliphatic hydroxyl groups excluding tert-OH is 2. The molecule has 1 heterocycles. The lowest BCUT2D eigenvalue weighted by Gasteiger charge is -2.32. The number of hydrogen-bond acceptors (Lipinski definition) is 4. The zero-order chi connectivity index (χ0) is 15.7. The smallest absolute Gasteiger partial charge is 0.122 e. The van der Waals surface area contributed by atoms with Crippen LogP contribution in [0.25, 0.3) is 0 Å². The predicted molar refractivity (Wildman–Crippen MR) is 86.1 cm³/mol. The van der Waals surface area contributed by atoms with E-state index in [1.807, 2.05) is 6.07 Å². The summed E-state index contributed by atoms with van der Waals surface area (Å²) in [7, 11) is 0. The molecule has 4 atom stereocenters. The average Bonchev–Trinajstić information content (AvgIpc) is 2.83. The number of aliphatic hydroxyl groups is 2. The van der Waals surface area contributed by atoms with E-state index in [4.69, 9.17) is 4.74 Å². The highest BCUT2D eigenvalue weighted by atomic mass is 16.5. The molecule has 0 unspecified atom stereocenters. The summed E-state index contributed by atoms with van der Waals surface area (Å²) < 4.78 is 5.91. The number of aryl methyl sites for hydroxylation is 2. The Kier molecular flexibility index (Phi) is 4.71. The maximum atomic E-state index is 9.80. The lowest BCUT2D eigenvalue weighted by molar-refractivity contribution is -0.0372. The van der Waals surface area contributed by atoms with E-state index in [1.165, 1.54) is 11.1 Å². The van der Waals surface area contributed by atoms with Crippen molar-refractivity contribution in [2.45, 2.75) is 38.9 Å². The molecule has 2 N–H and O–H groups in total. The molecular weight excluding hydrogens is 278 g/mol. The molecule has 3 rings (SSSR count).